The van der Waals surface area contributed by atoms with Crippen LogP contribution in [0.3, 0.4) is 0 Å². The smallest absolute Gasteiger partial charge is 0.312 e. The summed E-state index contributed by atoms with van der Waals surface area (Å²) in [5, 5.41) is 0. The van der Waals surface area contributed by atoms with Gasteiger partial charge in [0.05, 0.1) is 12.0 Å². The van der Waals surface area contributed by atoms with E-state index < -0.39 is 5.41 Å². The molecule has 2 saturated carbocycles. The maximum absolute atomic E-state index is 13.0. The van der Waals surface area contributed by atoms with Gasteiger partial charge in [-0.25, -0.2) is 0 Å². The van der Waals surface area contributed by atoms with E-state index >= 15 is 0 Å². The van der Waals surface area contributed by atoms with Crippen LogP contribution in [-0.2, 0) is 14.3 Å². The zero-order valence-electron chi connectivity index (χ0n) is 15.1. The number of carbonyl (C=O) groups is 2. The van der Waals surface area contributed by atoms with E-state index in [1.54, 1.807) is 0 Å². The molecule has 3 nitrogen and oxygen atoms in total. The third-order valence-electron chi connectivity index (χ3n) is 6.68. The van der Waals surface area contributed by atoms with E-state index in [0.717, 1.165) is 38.4 Å². The fraction of sp³-hybridized carbons (Fsp3) is 0.800. The molecule has 2 rings (SSSR count). The van der Waals surface area contributed by atoms with Crippen molar-refractivity contribution >= 4 is 12.3 Å². The molecule has 0 aliphatic heterocycles. The molecule has 130 valence electrons. The Morgan fingerprint density at radius 3 is 2.57 bits per heavy atom. The second-order valence-electron chi connectivity index (χ2n) is 8.10. The minimum absolute atomic E-state index is 0.0614. The molecule has 0 heterocycles. The average molecular weight is 320 g/mol. The minimum atomic E-state index is -0.462. The molecule has 2 aliphatic carbocycles. The Morgan fingerprint density at radius 2 is 2.04 bits per heavy atom. The van der Waals surface area contributed by atoms with Crippen molar-refractivity contribution in [2.24, 2.45) is 34.5 Å². The van der Waals surface area contributed by atoms with Gasteiger partial charge in [0.1, 0.15) is 6.29 Å². The van der Waals surface area contributed by atoms with Crippen LogP contribution in [0.25, 0.3) is 0 Å². The van der Waals surface area contributed by atoms with Crippen LogP contribution in [0, 0.1) is 34.5 Å². The van der Waals surface area contributed by atoms with E-state index in [2.05, 4.69) is 27.4 Å². The molecule has 5 atom stereocenters. The molecular formula is C20H32O3. The fourth-order valence-electron chi connectivity index (χ4n) is 5.59. The summed E-state index contributed by atoms with van der Waals surface area (Å²) in [7, 11) is 0. The Labute approximate surface area is 140 Å². The van der Waals surface area contributed by atoms with Crippen LogP contribution >= 0.6 is 0 Å². The predicted octanol–water partition coefficient (Wildman–Crippen LogP) is 4.41. The third-order valence-corrected chi connectivity index (χ3v) is 6.68. The van der Waals surface area contributed by atoms with E-state index in [1.807, 2.05) is 13.0 Å². The number of allylic oxidation sites excluding steroid dienone is 1. The summed E-state index contributed by atoms with van der Waals surface area (Å²) in [5.41, 5.74) is -0.535. The van der Waals surface area contributed by atoms with Crippen LogP contribution in [0.2, 0.25) is 0 Å². The molecule has 0 saturated heterocycles. The van der Waals surface area contributed by atoms with E-state index in [0.29, 0.717) is 18.4 Å². The number of fused-ring (bicyclic) bond motifs is 1. The van der Waals surface area contributed by atoms with Gasteiger partial charge in [0, 0.05) is 5.92 Å². The number of aldehydes is 1. The fourth-order valence-corrected chi connectivity index (χ4v) is 5.59. The molecule has 3 heteroatoms. The number of ether oxygens (including phenoxy) is 1. The molecule has 0 radical (unpaired) electrons. The van der Waals surface area contributed by atoms with Crippen molar-refractivity contribution in [3.8, 4) is 0 Å². The largest absolute Gasteiger partial charge is 0.466 e. The predicted molar refractivity (Wildman–Crippen MR) is 91.8 cm³/mol. The number of rotatable bonds is 6. The molecule has 23 heavy (non-hydrogen) atoms. The lowest BCUT2D eigenvalue weighted by Gasteiger charge is -2.52. The van der Waals surface area contributed by atoms with Gasteiger partial charge < -0.3 is 9.53 Å². The summed E-state index contributed by atoms with van der Waals surface area (Å²) >= 11 is 0. The summed E-state index contributed by atoms with van der Waals surface area (Å²) in [6.45, 7) is 12.7. The normalized spacial score (nSPS) is 39.8. The van der Waals surface area contributed by atoms with E-state index in [4.69, 9.17) is 4.74 Å². The summed E-state index contributed by atoms with van der Waals surface area (Å²) in [6.07, 6.45) is 7.58. The Bertz CT molecular complexity index is 470. The van der Waals surface area contributed by atoms with Gasteiger partial charge in [-0.1, -0.05) is 26.8 Å². The zero-order valence-corrected chi connectivity index (χ0v) is 15.1. The highest BCUT2D eigenvalue weighted by molar-refractivity contribution is 5.79. The van der Waals surface area contributed by atoms with E-state index in [9.17, 15) is 9.59 Å². The molecule has 0 N–H and O–H groups in total. The maximum atomic E-state index is 13.0. The van der Waals surface area contributed by atoms with Gasteiger partial charge in [-0.15, -0.1) is 6.58 Å². The van der Waals surface area contributed by atoms with Crippen LogP contribution in [0.1, 0.15) is 59.8 Å². The molecule has 2 aliphatic rings. The Kier molecular flexibility index (Phi) is 5.37. The highest BCUT2D eigenvalue weighted by atomic mass is 16.5. The monoisotopic (exact) mass is 320 g/mol. The van der Waals surface area contributed by atoms with E-state index in [-0.39, 0.29) is 23.2 Å². The third kappa shape index (κ3) is 2.77. The number of esters is 1. The zero-order chi connectivity index (χ0) is 17.3. The standard InChI is InChI=1S/C20H32O3/c1-6-10-19(5)11-12-20(18(22)23-7-2)15(14(3)4)8-9-16(20)17(19)13-21/h6,13-17H,1,7-12H2,2-5H3/t15-,16+,17+,19-,20+/m1/s1. The van der Waals surface area contributed by atoms with Gasteiger partial charge in [-0.2, -0.15) is 0 Å². The molecule has 0 spiro atoms. The van der Waals surface area contributed by atoms with Crippen LogP contribution in [-0.4, -0.2) is 18.9 Å². The van der Waals surface area contributed by atoms with Crippen LogP contribution in [0.5, 0.6) is 0 Å². The van der Waals surface area contributed by atoms with E-state index in [1.165, 1.54) is 0 Å². The van der Waals surface area contributed by atoms with Gasteiger partial charge >= 0.3 is 5.97 Å². The first-order valence-electron chi connectivity index (χ1n) is 9.10. The highest BCUT2D eigenvalue weighted by Gasteiger charge is 2.64. The molecule has 0 aromatic carbocycles. The van der Waals surface area contributed by atoms with Crippen LogP contribution in [0.15, 0.2) is 12.7 Å². The Hall–Kier alpha value is -1.12. The number of hydrogen-bond donors (Lipinski definition) is 0. The number of hydrogen-bond acceptors (Lipinski definition) is 3. The Morgan fingerprint density at radius 1 is 1.35 bits per heavy atom. The van der Waals surface area contributed by atoms with Gasteiger partial charge in [-0.05, 0) is 62.2 Å². The topological polar surface area (TPSA) is 43.4 Å². The lowest BCUT2D eigenvalue weighted by Crippen LogP contribution is -2.53. The minimum Gasteiger partial charge on any atom is -0.466 e. The summed E-state index contributed by atoms with van der Waals surface area (Å²) in [5.74, 6) is 0.726. The van der Waals surface area contributed by atoms with Crippen LogP contribution < -0.4 is 0 Å². The van der Waals surface area contributed by atoms with Crippen molar-refractivity contribution in [2.75, 3.05) is 6.61 Å². The van der Waals surface area contributed by atoms with Gasteiger partial charge in [0.25, 0.3) is 0 Å². The molecule has 2 fully saturated rings. The highest BCUT2D eigenvalue weighted by Crippen LogP contribution is 2.64. The second kappa shape index (κ2) is 6.78. The van der Waals surface area contributed by atoms with Gasteiger partial charge in [0.15, 0.2) is 0 Å². The van der Waals surface area contributed by atoms with Crippen molar-refractivity contribution in [2.45, 2.75) is 59.8 Å². The van der Waals surface area contributed by atoms with Crippen molar-refractivity contribution in [3.63, 3.8) is 0 Å². The second-order valence-corrected chi connectivity index (χ2v) is 8.10. The summed E-state index contributed by atoms with van der Waals surface area (Å²) in [4.78, 5) is 25.0. The van der Waals surface area contributed by atoms with Crippen LogP contribution in [0.4, 0.5) is 0 Å². The first-order chi connectivity index (χ1) is 10.9. The average Bonchev–Trinajstić information content (AvgIpc) is 2.88. The van der Waals surface area contributed by atoms with Gasteiger partial charge in [-0.3, -0.25) is 4.79 Å². The molecule has 0 aromatic rings. The number of carbonyl (C=O) groups excluding carboxylic acids is 2. The van der Waals surface area contributed by atoms with Crippen molar-refractivity contribution < 1.29 is 14.3 Å². The molecule has 0 amide bonds. The summed E-state index contributed by atoms with van der Waals surface area (Å²) in [6, 6.07) is 0. The Balaban J connectivity index is 2.46. The SMILES string of the molecule is C=CC[C@]1(C)CC[C@]2(C(=O)OCC)[C@@H](C(C)C)CC[C@H]2[C@@H]1C=O. The maximum Gasteiger partial charge on any atom is 0.312 e. The molecule has 0 aromatic heterocycles. The van der Waals surface area contributed by atoms with Gasteiger partial charge in [0.2, 0.25) is 0 Å². The molecule has 0 unspecified atom stereocenters. The first kappa shape index (κ1) is 18.2. The lowest BCUT2D eigenvalue weighted by atomic mass is 9.51. The van der Waals surface area contributed by atoms with Crippen molar-refractivity contribution in [1.29, 1.82) is 0 Å². The van der Waals surface area contributed by atoms with Crippen molar-refractivity contribution in [1.82, 2.24) is 0 Å². The summed E-state index contributed by atoms with van der Waals surface area (Å²) < 4.78 is 5.51. The quantitative estimate of drug-likeness (QED) is 0.413. The molecule has 0 bridgehead atoms. The molecular weight excluding hydrogens is 288 g/mol. The lowest BCUT2D eigenvalue weighted by molar-refractivity contribution is -0.172. The first-order valence-corrected chi connectivity index (χ1v) is 9.10. The van der Waals surface area contributed by atoms with Crippen molar-refractivity contribution in [3.05, 3.63) is 12.7 Å².